The van der Waals surface area contributed by atoms with E-state index in [4.69, 9.17) is 11.6 Å². The molecule has 0 bridgehead atoms. The van der Waals surface area contributed by atoms with Crippen LogP contribution >= 0.6 is 11.6 Å². The minimum Gasteiger partial charge on any atom is -0.351 e. The normalized spacial score (nSPS) is 15.8. The number of hydrogen-bond donors (Lipinski definition) is 2. The lowest BCUT2D eigenvalue weighted by molar-refractivity contribution is -0.135. The van der Waals surface area contributed by atoms with E-state index in [-0.39, 0.29) is 23.5 Å². The average Bonchev–Trinajstić information content (AvgIpc) is 3.21. The number of amides is 2. The fourth-order valence-corrected chi connectivity index (χ4v) is 4.45. The summed E-state index contributed by atoms with van der Waals surface area (Å²) in [5.74, 6) is -0.465. The van der Waals surface area contributed by atoms with Crippen LogP contribution in [-0.2, 0) is 4.79 Å². The molecule has 4 rings (SSSR count). The molecular weight excluding hydrogens is 429 g/mol. The Kier molecular flexibility index (Phi) is 6.51. The number of carbonyl (C=O) groups excluding carboxylic acids is 2. The van der Waals surface area contributed by atoms with Crippen LogP contribution in [0.1, 0.15) is 48.7 Å². The van der Waals surface area contributed by atoms with Crippen molar-refractivity contribution in [3.8, 4) is 0 Å². The molecule has 0 aliphatic carbocycles. The van der Waals surface area contributed by atoms with Gasteiger partial charge in [-0.1, -0.05) is 37.6 Å². The average molecular weight is 456 g/mol. The van der Waals surface area contributed by atoms with Crippen LogP contribution in [0.3, 0.4) is 0 Å². The van der Waals surface area contributed by atoms with Gasteiger partial charge < -0.3 is 15.2 Å². The number of aromatic nitrogens is 1. The molecule has 2 amide bonds. The Hall–Kier alpha value is -2.86. The van der Waals surface area contributed by atoms with E-state index in [1.807, 2.05) is 43.0 Å². The molecule has 3 aromatic rings. The Balaban J connectivity index is 1.41. The van der Waals surface area contributed by atoms with Crippen molar-refractivity contribution in [2.75, 3.05) is 13.1 Å². The van der Waals surface area contributed by atoms with Crippen molar-refractivity contribution in [2.45, 2.75) is 38.6 Å². The molecule has 0 spiro atoms. The van der Waals surface area contributed by atoms with Crippen molar-refractivity contribution in [1.82, 2.24) is 15.2 Å². The number of aromatic amines is 1. The van der Waals surface area contributed by atoms with Gasteiger partial charge in [0.2, 0.25) is 5.91 Å². The van der Waals surface area contributed by atoms with Gasteiger partial charge in [-0.05, 0) is 66.6 Å². The summed E-state index contributed by atoms with van der Waals surface area (Å²) in [6.45, 7) is 5.14. The zero-order valence-corrected chi connectivity index (χ0v) is 19.0. The topological polar surface area (TPSA) is 65.2 Å². The Labute approximate surface area is 191 Å². The first-order valence-corrected chi connectivity index (χ1v) is 11.3. The lowest BCUT2D eigenvalue weighted by Gasteiger charge is -2.35. The SMILES string of the molecule is CC(C)[C@@H](NC(=O)c1cc2cc(F)ccc2[nH]1)C(=O)N1CCC(c2ccc(Cl)cc2)CC1. The lowest BCUT2D eigenvalue weighted by atomic mass is 9.89. The summed E-state index contributed by atoms with van der Waals surface area (Å²) in [6.07, 6.45) is 1.75. The molecule has 0 saturated carbocycles. The third kappa shape index (κ3) is 4.80. The standard InChI is InChI=1S/C25H27ClFN3O2/c1-15(2)23(29-24(31)22-14-18-13-20(27)7-8-21(18)28-22)25(32)30-11-9-17(10-12-30)16-3-5-19(26)6-4-16/h3-8,13-15,17,23,28H,9-12H2,1-2H3,(H,29,31)/t23-/m1/s1. The molecule has 2 aromatic carbocycles. The highest BCUT2D eigenvalue weighted by molar-refractivity contribution is 6.30. The van der Waals surface area contributed by atoms with Crippen LogP contribution in [0.2, 0.25) is 5.02 Å². The highest BCUT2D eigenvalue weighted by atomic mass is 35.5. The number of hydrogen-bond acceptors (Lipinski definition) is 2. The van der Waals surface area contributed by atoms with Gasteiger partial charge in [0.15, 0.2) is 0 Å². The number of halogens is 2. The van der Waals surface area contributed by atoms with E-state index in [1.165, 1.54) is 17.7 Å². The van der Waals surface area contributed by atoms with Gasteiger partial charge in [0, 0.05) is 29.0 Å². The Morgan fingerprint density at radius 3 is 2.44 bits per heavy atom. The summed E-state index contributed by atoms with van der Waals surface area (Å²) in [5.41, 5.74) is 2.23. The van der Waals surface area contributed by atoms with E-state index in [0.717, 1.165) is 17.9 Å². The quantitative estimate of drug-likeness (QED) is 0.560. The third-order valence-electron chi connectivity index (χ3n) is 6.19. The molecule has 32 heavy (non-hydrogen) atoms. The van der Waals surface area contributed by atoms with E-state index < -0.39 is 6.04 Å². The van der Waals surface area contributed by atoms with Gasteiger partial charge in [-0.3, -0.25) is 9.59 Å². The summed E-state index contributed by atoms with van der Waals surface area (Å²) in [6, 6.07) is 13.2. The van der Waals surface area contributed by atoms with Crippen molar-refractivity contribution < 1.29 is 14.0 Å². The molecule has 5 nitrogen and oxygen atoms in total. The van der Waals surface area contributed by atoms with Gasteiger partial charge >= 0.3 is 0 Å². The molecule has 1 aromatic heterocycles. The lowest BCUT2D eigenvalue weighted by Crippen LogP contribution is -2.52. The molecule has 0 unspecified atom stereocenters. The predicted molar refractivity (Wildman–Crippen MR) is 124 cm³/mol. The monoisotopic (exact) mass is 455 g/mol. The minimum atomic E-state index is -0.627. The van der Waals surface area contributed by atoms with Gasteiger partial charge in [-0.15, -0.1) is 0 Å². The maximum absolute atomic E-state index is 13.5. The number of nitrogens with zero attached hydrogens (tertiary/aromatic N) is 1. The van der Waals surface area contributed by atoms with Crippen molar-refractivity contribution in [3.05, 3.63) is 70.6 Å². The maximum atomic E-state index is 13.5. The van der Waals surface area contributed by atoms with Gasteiger partial charge in [-0.2, -0.15) is 0 Å². The largest absolute Gasteiger partial charge is 0.351 e. The molecule has 0 radical (unpaired) electrons. The smallest absolute Gasteiger partial charge is 0.268 e. The van der Waals surface area contributed by atoms with Crippen molar-refractivity contribution >= 4 is 34.3 Å². The number of likely N-dealkylation sites (tertiary alicyclic amines) is 1. The summed E-state index contributed by atoms with van der Waals surface area (Å²) in [5, 5.41) is 4.22. The highest BCUT2D eigenvalue weighted by Gasteiger charge is 2.32. The van der Waals surface area contributed by atoms with Crippen LogP contribution in [0.25, 0.3) is 10.9 Å². The Morgan fingerprint density at radius 2 is 1.78 bits per heavy atom. The summed E-state index contributed by atoms with van der Waals surface area (Å²) >= 11 is 5.99. The Bertz CT molecular complexity index is 1120. The van der Waals surface area contributed by atoms with E-state index in [1.54, 1.807) is 12.1 Å². The zero-order chi connectivity index (χ0) is 22.8. The number of nitrogens with one attached hydrogen (secondary N) is 2. The van der Waals surface area contributed by atoms with Gasteiger partial charge in [0.1, 0.15) is 17.6 Å². The molecule has 1 atom stereocenters. The second-order valence-electron chi connectivity index (χ2n) is 8.76. The van der Waals surface area contributed by atoms with E-state index in [9.17, 15) is 14.0 Å². The molecule has 1 fully saturated rings. The first-order chi connectivity index (χ1) is 15.3. The molecule has 7 heteroatoms. The number of benzene rings is 2. The molecule has 2 heterocycles. The first kappa shape index (κ1) is 22.3. The van der Waals surface area contributed by atoms with Gasteiger partial charge in [0.25, 0.3) is 5.91 Å². The zero-order valence-electron chi connectivity index (χ0n) is 18.2. The summed E-state index contributed by atoms with van der Waals surface area (Å²) in [7, 11) is 0. The number of piperidine rings is 1. The molecule has 168 valence electrons. The number of H-pyrrole nitrogens is 1. The molecule has 1 aliphatic heterocycles. The summed E-state index contributed by atoms with van der Waals surface area (Å²) in [4.78, 5) is 30.9. The van der Waals surface area contributed by atoms with Crippen LogP contribution < -0.4 is 5.32 Å². The molecule has 1 aliphatic rings. The highest BCUT2D eigenvalue weighted by Crippen LogP contribution is 2.29. The maximum Gasteiger partial charge on any atom is 0.268 e. The number of carbonyl (C=O) groups is 2. The van der Waals surface area contributed by atoms with E-state index >= 15 is 0 Å². The van der Waals surface area contributed by atoms with Crippen molar-refractivity contribution in [3.63, 3.8) is 0 Å². The Morgan fingerprint density at radius 1 is 1.09 bits per heavy atom. The number of rotatable bonds is 5. The predicted octanol–water partition coefficient (Wildman–Crippen LogP) is 5.12. The van der Waals surface area contributed by atoms with E-state index in [2.05, 4.69) is 10.3 Å². The first-order valence-electron chi connectivity index (χ1n) is 10.9. The van der Waals surface area contributed by atoms with E-state index in [0.29, 0.717) is 35.6 Å². The van der Waals surface area contributed by atoms with Crippen LogP contribution in [0, 0.1) is 11.7 Å². The molecule has 2 N–H and O–H groups in total. The minimum absolute atomic E-state index is 0.0648. The van der Waals surface area contributed by atoms with Gasteiger partial charge in [0.05, 0.1) is 0 Å². The van der Waals surface area contributed by atoms with Crippen molar-refractivity contribution in [1.29, 1.82) is 0 Å². The van der Waals surface area contributed by atoms with Crippen LogP contribution in [0.5, 0.6) is 0 Å². The van der Waals surface area contributed by atoms with Crippen LogP contribution in [0.15, 0.2) is 48.5 Å². The van der Waals surface area contributed by atoms with Crippen molar-refractivity contribution in [2.24, 2.45) is 5.92 Å². The summed E-state index contributed by atoms with van der Waals surface area (Å²) < 4.78 is 13.5. The van der Waals surface area contributed by atoms with Crippen LogP contribution in [0.4, 0.5) is 4.39 Å². The molecular formula is C25H27ClFN3O2. The second kappa shape index (κ2) is 9.33. The van der Waals surface area contributed by atoms with Gasteiger partial charge in [-0.25, -0.2) is 4.39 Å². The number of fused-ring (bicyclic) bond motifs is 1. The van der Waals surface area contributed by atoms with Crippen LogP contribution in [-0.4, -0.2) is 40.8 Å². The fraction of sp³-hybridized carbons (Fsp3) is 0.360. The molecule has 1 saturated heterocycles. The fourth-order valence-electron chi connectivity index (χ4n) is 4.32. The third-order valence-corrected chi connectivity index (χ3v) is 6.45. The second-order valence-corrected chi connectivity index (χ2v) is 9.20.